The highest BCUT2D eigenvalue weighted by Crippen LogP contribution is 2.51. The van der Waals surface area contributed by atoms with Crippen molar-refractivity contribution in [2.75, 3.05) is 30.3 Å². The van der Waals surface area contributed by atoms with Gasteiger partial charge < -0.3 is 10.2 Å². The van der Waals surface area contributed by atoms with Crippen LogP contribution in [0.5, 0.6) is 0 Å². The smallest absolute Gasteiger partial charge is 0.0544 e. The van der Waals surface area contributed by atoms with Crippen LogP contribution in [-0.4, -0.2) is 36.8 Å². The Morgan fingerprint density at radius 1 is 1.24 bits per heavy atom. The van der Waals surface area contributed by atoms with Crippen molar-refractivity contribution < 1.29 is 0 Å². The molecule has 1 N–H and O–H groups in total. The Kier molecular flexibility index (Phi) is 4.07. The summed E-state index contributed by atoms with van der Waals surface area (Å²) >= 11 is 7.30. The van der Waals surface area contributed by atoms with Crippen LogP contribution in [0.25, 0.3) is 11.1 Å². The summed E-state index contributed by atoms with van der Waals surface area (Å²) in [6, 6.07) is 14.1. The van der Waals surface area contributed by atoms with Gasteiger partial charge in [-0.05, 0) is 59.5 Å². The molecule has 25 heavy (non-hydrogen) atoms. The highest BCUT2D eigenvalue weighted by Gasteiger charge is 2.41. The van der Waals surface area contributed by atoms with E-state index in [-0.39, 0.29) is 0 Å². The number of hydrogen-bond acceptors (Lipinski definition) is 4. The number of fused-ring (bicyclic) bond motifs is 3. The van der Waals surface area contributed by atoms with Gasteiger partial charge in [-0.1, -0.05) is 36.5 Å². The molecule has 0 spiro atoms. The van der Waals surface area contributed by atoms with Gasteiger partial charge >= 0.3 is 0 Å². The second-order valence-corrected chi connectivity index (χ2v) is 8.55. The first-order valence-corrected chi connectivity index (χ1v) is 10.6. The summed E-state index contributed by atoms with van der Waals surface area (Å²) in [7, 11) is 0. The molecule has 3 aliphatic rings. The van der Waals surface area contributed by atoms with Crippen molar-refractivity contribution in [2.24, 2.45) is 0 Å². The summed E-state index contributed by atoms with van der Waals surface area (Å²) in [5, 5.41) is 5.43. The minimum absolute atomic E-state index is 0.626. The minimum Gasteiger partial charge on any atom is -0.367 e. The molecule has 1 fully saturated rings. The third-order valence-corrected chi connectivity index (χ3v) is 7.21. The first kappa shape index (κ1) is 15.9. The van der Waals surface area contributed by atoms with E-state index in [4.69, 9.17) is 12.2 Å². The van der Waals surface area contributed by atoms with Gasteiger partial charge in [0.25, 0.3) is 0 Å². The van der Waals surface area contributed by atoms with Gasteiger partial charge in [-0.2, -0.15) is 0 Å². The van der Waals surface area contributed by atoms with Gasteiger partial charge in [0.05, 0.1) is 5.69 Å². The molecule has 0 bridgehead atoms. The number of benzene rings is 2. The number of thiocarbonyl (C=S) groups is 1. The summed E-state index contributed by atoms with van der Waals surface area (Å²) in [5.74, 6) is 1.84. The Morgan fingerprint density at radius 3 is 3.08 bits per heavy atom. The van der Waals surface area contributed by atoms with Crippen LogP contribution in [0.15, 0.2) is 41.3 Å². The van der Waals surface area contributed by atoms with Crippen molar-refractivity contribution in [1.29, 1.82) is 0 Å². The monoisotopic (exact) mass is 366 g/mol. The van der Waals surface area contributed by atoms with E-state index in [0.717, 1.165) is 18.7 Å². The fourth-order valence-electron chi connectivity index (χ4n) is 4.74. The van der Waals surface area contributed by atoms with E-state index in [1.807, 2.05) is 17.1 Å². The van der Waals surface area contributed by atoms with Crippen molar-refractivity contribution in [3.63, 3.8) is 0 Å². The maximum absolute atomic E-state index is 5.26. The molecule has 0 aliphatic carbocycles. The van der Waals surface area contributed by atoms with Crippen molar-refractivity contribution in [3.8, 4) is 11.1 Å². The Bertz CT molecular complexity index is 833. The predicted molar refractivity (Wildman–Crippen MR) is 111 cm³/mol. The summed E-state index contributed by atoms with van der Waals surface area (Å²) < 4.78 is 0. The van der Waals surface area contributed by atoms with E-state index < -0.39 is 0 Å². The zero-order valence-electron chi connectivity index (χ0n) is 14.2. The summed E-state index contributed by atoms with van der Waals surface area (Å²) in [5.41, 5.74) is 6.82. The van der Waals surface area contributed by atoms with Crippen molar-refractivity contribution in [1.82, 2.24) is 5.32 Å². The van der Waals surface area contributed by atoms with Crippen LogP contribution in [0.2, 0.25) is 0 Å². The van der Waals surface area contributed by atoms with Crippen LogP contribution in [0.4, 0.5) is 5.69 Å². The van der Waals surface area contributed by atoms with Gasteiger partial charge in [-0.15, -0.1) is 11.8 Å². The SMILES string of the molecule is S=Cc1ccccc1-c1cc2c3c(c1)[C@@H]1CNCC[C@@H]1N3CCCS2. The lowest BCUT2D eigenvalue weighted by Crippen LogP contribution is -2.44. The molecule has 0 saturated carbocycles. The van der Waals surface area contributed by atoms with Gasteiger partial charge in [0, 0.05) is 35.3 Å². The van der Waals surface area contributed by atoms with E-state index in [1.54, 1.807) is 5.56 Å². The van der Waals surface area contributed by atoms with Crippen LogP contribution in [0.3, 0.4) is 0 Å². The molecule has 3 heterocycles. The average Bonchev–Trinajstić information content (AvgIpc) is 2.83. The first-order valence-electron chi connectivity index (χ1n) is 9.19. The molecule has 0 radical (unpaired) electrons. The van der Waals surface area contributed by atoms with Crippen LogP contribution in [0, 0.1) is 0 Å². The molecule has 0 amide bonds. The molecular weight excluding hydrogens is 344 g/mol. The minimum atomic E-state index is 0.626. The fraction of sp³-hybridized carbons (Fsp3) is 0.381. The lowest BCUT2D eigenvalue weighted by atomic mass is 9.88. The van der Waals surface area contributed by atoms with Crippen LogP contribution in [0.1, 0.15) is 29.9 Å². The van der Waals surface area contributed by atoms with E-state index >= 15 is 0 Å². The van der Waals surface area contributed by atoms with E-state index in [2.05, 4.69) is 46.6 Å². The molecule has 2 aromatic rings. The number of hydrogen-bond donors (Lipinski definition) is 1. The van der Waals surface area contributed by atoms with Crippen LogP contribution in [-0.2, 0) is 0 Å². The maximum atomic E-state index is 5.26. The highest BCUT2D eigenvalue weighted by molar-refractivity contribution is 7.99. The average molecular weight is 367 g/mol. The van der Waals surface area contributed by atoms with Crippen molar-refractivity contribution >= 4 is 35.0 Å². The summed E-state index contributed by atoms with van der Waals surface area (Å²) in [4.78, 5) is 4.20. The molecule has 0 unspecified atom stereocenters. The molecule has 5 rings (SSSR count). The quantitative estimate of drug-likeness (QED) is 0.789. The number of anilines is 1. The molecule has 2 aromatic carbocycles. The second-order valence-electron chi connectivity index (χ2n) is 7.18. The standard InChI is InChI=1S/C21H22N2S2/c24-13-14-4-1-2-5-16(14)15-10-17-18-12-22-7-6-19(18)23-8-3-9-25-20(11-15)21(17)23/h1-2,4-5,10-11,13,18-19,22H,3,6-9,12H2/t18-,19-/m0/s1. The lowest BCUT2D eigenvalue weighted by Gasteiger charge is -2.33. The van der Waals surface area contributed by atoms with E-state index in [0.29, 0.717) is 12.0 Å². The maximum Gasteiger partial charge on any atom is 0.0544 e. The molecule has 3 aliphatic heterocycles. The molecule has 4 heteroatoms. The van der Waals surface area contributed by atoms with Crippen LogP contribution >= 0.6 is 24.0 Å². The largest absolute Gasteiger partial charge is 0.367 e. The van der Waals surface area contributed by atoms with Crippen molar-refractivity contribution in [2.45, 2.75) is 29.7 Å². The second kappa shape index (κ2) is 6.42. The Morgan fingerprint density at radius 2 is 2.16 bits per heavy atom. The topological polar surface area (TPSA) is 15.3 Å². The van der Waals surface area contributed by atoms with Gasteiger partial charge in [0.15, 0.2) is 0 Å². The predicted octanol–water partition coefficient (Wildman–Crippen LogP) is 4.46. The summed E-state index contributed by atoms with van der Waals surface area (Å²) in [6.07, 6.45) is 2.54. The normalized spacial score (nSPS) is 24.4. The molecule has 128 valence electrons. The van der Waals surface area contributed by atoms with Gasteiger partial charge in [-0.25, -0.2) is 0 Å². The number of nitrogens with one attached hydrogen (secondary N) is 1. The zero-order valence-corrected chi connectivity index (χ0v) is 15.8. The molecule has 1 saturated heterocycles. The Labute approximate surface area is 159 Å². The van der Waals surface area contributed by atoms with Crippen molar-refractivity contribution in [3.05, 3.63) is 47.5 Å². The number of rotatable bonds is 2. The molecular formula is C21H22N2S2. The van der Waals surface area contributed by atoms with Gasteiger partial charge in [-0.3, -0.25) is 0 Å². The molecule has 2 atom stereocenters. The fourth-order valence-corrected chi connectivity index (χ4v) is 6.02. The van der Waals surface area contributed by atoms with E-state index in [9.17, 15) is 0 Å². The third-order valence-electron chi connectivity index (χ3n) is 5.84. The third kappa shape index (κ3) is 2.54. The van der Waals surface area contributed by atoms with Crippen LogP contribution < -0.4 is 10.2 Å². The number of piperidine rings is 1. The van der Waals surface area contributed by atoms with Gasteiger partial charge in [0.2, 0.25) is 0 Å². The molecule has 0 aromatic heterocycles. The first-order chi connectivity index (χ1) is 12.4. The Balaban J connectivity index is 1.70. The number of nitrogens with zero attached hydrogens (tertiary/aromatic N) is 1. The number of thioether (sulfide) groups is 1. The lowest BCUT2D eigenvalue weighted by molar-refractivity contribution is 0.403. The summed E-state index contributed by atoms with van der Waals surface area (Å²) in [6.45, 7) is 3.47. The molecule has 2 nitrogen and oxygen atoms in total. The van der Waals surface area contributed by atoms with E-state index in [1.165, 1.54) is 46.8 Å². The highest BCUT2D eigenvalue weighted by atomic mass is 32.2. The zero-order chi connectivity index (χ0) is 16.8. The Hall–Kier alpha value is -1.36. The van der Waals surface area contributed by atoms with Gasteiger partial charge in [0.1, 0.15) is 0 Å².